The van der Waals surface area contributed by atoms with Crippen molar-refractivity contribution in [3.05, 3.63) is 204 Å². The van der Waals surface area contributed by atoms with Crippen LogP contribution in [0.2, 0.25) is 0 Å². The third kappa shape index (κ3) is 3.32. The smallest absolute Gasteiger partial charge is 0.0725 e. The molecule has 0 N–H and O–H groups in total. The van der Waals surface area contributed by atoms with Gasteiger partial charge in [0.25, 0.3) is 0 Å². The summed E-state index contributed by atoms with van der Waals surface area (Å²) in [4.78, 5) is 0. The van der Waals surface area contributed by atoms with E-state index >= 15 is 0 Å². The van der Waals surface area contributed by atoms with Crippen LogP contribution in [0.15, 0.2) is 182 Å². The van der Waals surface area contributed by atoms with Crippen LogP contribution < -0.4 is 0 Å². The Bertz CT molecular complexity index is 2780. The lowest BCUT2D eigenvalue weighted by Gasteiger charge is -2.30. The van der Waals surface area contributed by atoms with Gasteiger partial charge in [-0.3, -0.25) is 0 Å². The summed E-state index contributed by atoms with van der Waals surface area (Å²) in [6, 6.07) is 67.8. The molecule has 1 spiro atoms. The Morgan fingerprint density at radius 2 is 0.588 bits per heavy atom. The van der Waals surface area contributed by atoms with Crippen molar-refractivity contribution in [3.8, 4) is 33.6 Å². The summed E-state index contributed by atoms with van der Waals surface area (Å²) >= 11 is 0. The van der Waals surface area contributed by atoms with E-state index in [0.29, 0.717) is 0 Å². The highest BCUT2D eigenvalue weighted by Crippen LogP contribution is 2.63. The average Bonchev–Trinajstić information content (AvgIpc) is 3.90. The maximum atomic E-state index is 2.46. The van der Waals surface area contributed by atoms with Crippen LogP contribution in [0, 0.1) is 0 Å². The second kappa shape index (κ2) is 9.74. The molecule has 0 unspecified atom stereocenters. The Labute approximate surface area is 295 Å². The molecule has 2 aromatic heterocycles. The monoisotopic (exact) mass is 646 g/mol. The first-order valence-electron chi connectivity index (χ1n) is 17.8. The molecule has 0 bridgehead atoms. The summed E-state index contributed by atoms with van der Waals surface area (Å²) in [5, 5.41) is 5.10. The maximum absolute atomic E-state index is 2.46. The highest BCUT2D eigenvalue weighted by molar-refractivity contribution is 6.10. The van der Waals surface area contributed by atoms with Crippen molar-refractivity contribution in [2.24, 2.45) is 0 Å². The zero-order chi connectivity index (χ0) is 33.3. The van der Waals surface area contributed by atoms with Crippen molar-refractivity contribution in [1.29, 1.82) is 0 Å². The van der Waals surface area contributed by atoms with E-state index in [9.17, 15) is 0 Å². The summed E-state index contributed by atoms with van der Waals surface area (Å²) in [6.45, 7) is 0. The maximum Gasteiger partial charge on any atom is 0.0725 e. The number of hydrogen-bond acceptors (Lipinski definition) is 0. The average molecular weight is 647 g/mol. The van der Waals surface area contributed by atoms with Gasteiger partial charge >= 0.3 is 0 Å². The van der Waals surface area contributed by atoms with Gasteiger partial charge in [-0.2, -0.15) is 0 Å². The van der Waals surface area contributed by atoms with Gasteiger partial charge in [-0.05, 0) is 93.0 Å². The first-order valence-corrected chi connectivity index (χ1v) is 17.8. The van der Waals surface area contributed by atoms with Gasteiger partial charge in [0.2, 0.25) is 0 Å². The molecule has 0 radical (unpaired) electrons. The molecule has 0 atom stereocenters. The number of aromatic nitrogens is 2. The van der Waals surface area contributed by atoms with Gasteiger partial charge in [-0.1, -0.05) is 133 Å². The first-order chi connectivity index (χ1) is 25.3. The van der Waals surface area contributed by atoms with Gasteiger partial charge in [0.1, 0.15) is 0 Å². The highest BCUT2D eigenvalue weighted by atomic mass is 15.0. The molecule has 0 saturated heterocycles. The van der Waals surface area contributed by atoms with Gasteiger partial charge in [0, 0.05) is 32.9 Å². The van der Waals surface area contributed by atoms with E-state index in [4.69, 9.17) is 0 Å². The Hall–Kier alpha value is -6.64. The van der Waals surface area contributed by atoms with Crippen molar-refractivity contribution in [2.45, 2.75) is 5.41 Å². The van der Waals surface area contributed by atoms with Gasteiger partial charge in [0.15, 0.2) is 0 Å². The Kier molecular flexibility index (Phi) is 5.20. The van der Waals surface area contributed by atoms with Crippen LogP contribution >= 0.6 is 0 Å². The number of rotatable bonds is 2. The zero-order valence-electron chi connectivity index (χ0n) is 27.7. The van der Waals surface area contributed by atoms with Crippen molar-refractivity contribution in [2.75, 3.05) is 0 Å². The molecule has 2 heterocycles. The van der Waals surface area contributed by atoms with Crippen LogP contribution in [0.1, 0.15) is 22.3 Å². The van der Waals surface area contributed by atoms with Crippen LogP contribution in [0.3, 0.4) is 0 Å². The predicted octanol–water partition coefficient (Wildman–Crippen LogP) is 12.2. The van der Waals surface area contributed by atoms with Crippen molar-refractivity contribution in [1.82, 2.24) is 9.13 Å². The Morgan fingerprint density at radius 1 is 0.275 bits per heavy atom. The molecule has 2 nitrogen and oxygen atoms in total. The molecule has 12 rings (SSSR count). The molecule has 51 heavy (non-hydrogen) atoms. The topological polar surface area (TPSA) is 9.86 Å². The van der Waals surface area contributed by atoms with Gasteiger partial charge < -0.3 is 9.13 Å². The van der Waals surface area contributed by atoms with E-state index < -0.39 is 5.41 Å². The van der Waals surface area contributed by atoms with Gasteiger partial charge in [0.05, 0.1) is 27.5 Å². The SMILES string of the molecule is c1ccc2c(c1)-c1ccccc1C21c2ccc(-n3c4ccccc4c4ccccc43)cc2-c2cc(-n3c4ccccc4c4ccccc43)ccc21. The Morgan fingerprint density at radius 3 is 0.980 bits per heavy atom. The third-order valence-electron chi connectivity index (χ3n) is 11.7. The van der Waals surface area contributed by atoms with Gasteiger partial charge in [-0.25, -0.2) is 0 Å². The fourth-order valence-electron chi connectivity index (χ4n) is 9.80. The largest absolute Gasteiger partial charge is 0.309 e. The van der Waals surface area contributed by atoms with Crippen molar-refractivity contribution in [3.63, 3.8) is 0 Å². The summed E-state index contributed by atoms with van der Waals surface area (Å²) in [5.74, 6) is 0. The molecule has 0 amide bonds. The second-order valence-electron chi connectivity index (χ2n) is 14.0. The second-order valence-corrected chi connectivity index (χ2v) is 14.0. The quantitative estimate of drug-likeness (QED) is 0.177. The summed E-state index contributed by atoms with van der Waals surface area (Å²) in [5.41, 5.74) is 17.5. The molecule has 2 aliphatic carbocycles. The number of hydrogen-bond donors (Lipinski definition) is 0. The minimum atomic E-state index is -0.406. The number of para-hydroxylation sites is 4. The van der Waals surface area contributed by atoms with Crippen LogP contribution in [-0.2, 0) is 5.41 Å². The lowest BCUT2D eigenvalue weighted by atomic mass is 9.70. The number of benzene rings is 8. The minimum absolute atomic E-state index is 0.406. The highest BCUT2D eigenvalue weighted by Gasteiger charge is 2.51. The van der Waals surface area contributed by atoms with E-state index in [1.165, 1.54) is 99.5 Å². The summed E-state index contributed by atoms with van der Waals surface area (Å²) < 4.78 is 4.89. The molecule has 0 aliphatic heterocycles. The molecule has 236 valence electrons. The van der Waals surface area contributed by atoms with E-state index in [1.807, 2.05) is 0 Å². The van der Waals surface area contributed by atoms with Gasteiger partial charge in [-0.15, -0.1) is 0 Å². The van der Waals surface area contributed by atoms with E-state index in [1.54, 1.807) is 0 Å². The fourth-order valence-corrected chi connectivity index (χ4v) is 9.80. The number of fused-ring (bicyclic) bond motifs is 16. The Balaban J connectivity index is 1.20. The lowest BCUT2D eigenvalue weighted by Crippen LogP contribution is -2.25. The van der Waals surface area contributed by atoms with Crippen LogP contribution in [0.5, 0.6) is 0 Å². The molecule has 2 aliphatic rings. The molecule has 10 aromatic rings. The molecular weight excluding hydrogens is 617 g/mol. The van der Waals surface area contributed by atoms with E-state index in [-0.39, 0.29) is 0 Å². The molecule has 0 saturated carbocycles. The molecule has 8 aromatic carbocycles. The molecule has 2 heteroatoms. The molecule has 0 fully saturated rings. The fraction of sp³-hybridized carbons (Fsp3) is 0.0204. The van der Waals surface area contributed by atoms with Crippen LogP contribution in [0.4, 0.5) is 0 Å². The van der Waals surface area contributed by atoms with Crippen molar-refractivity contribution >= 4 is 43.6 Å². The summed E-state index contributed by atoms with van der Waals surface area (Å²) in [7, 11) is 0. The van der Waals surface area contributed by atoms with Crippen LogP contribution in [0.25, 0.3) is 77.2 Å². The third-order valence-corrected chi connectivity index (χ3v) is 11.7. The molecular formula is C49H30N2. The lowest BCUT2D eigenvalue weighted by molar-refractivity contribution is 0.793. The predicted molar refractivity (Wildman–Crippen MR) is 211 cm³/mol. The zero-order valence-corrected chi connectivity index (χ0v) is 27.7. The minimum Gasteiger partial charge on any atom is -0.309 e. The van der Waals surface area contributed by atoms with Crippen molar-refractivity contribution < 1.29 is 0 Å². The number of nitrogens with zero attached hydrogens (tertiary/aromatic N) is 2. The first kappa shape index (κ1) is 27.2. The standard InChI is InChI=1S/C49H30N2/c1-7-19-41-33(13-1)34-14-2-8-20-42(34)49(41)43-27-25-31(50-45-21-9-3-15-35(45)36-16-4-10-22-46(36)50)29-39(43)40-30-32(26-28-44(40)49)51-47-23-11-5-17-37(47)38-18-6-12-24-48(38)51/h1-30H. The normalized spacial score (nSPS) is 13.6. The summed E-state index contributed by atoms with van der Waals surface area (Å²) in [6.07, 6.45) is 0. The van der Waals surface area contributed by atoms with E-state index in [0.717, 1.165) is 0 Å². The van der Waals surface area contributed by atoms with Crippen LogP contribution in [-0.4, -0.2) is 9.13 Å². The van der Waals surface area contributed by atoms with E-state index in [2.05, 4.69) is 191 Å².